The van der Waals surface area contributed by atoms with E-state index in [2.05, 4.69) is 20.0 Å². The number of aromatic nitrogens is 3. The molecule has 132 valence electrons. The van der Waals surface area contributed by atoms with Crippen LogP contribution in [-0.4, -0.2) is 30.0 Å². The minimum atomic E-state index is -3.44. The van der Waals surface area contributed by atoms with Crippen LogP contribution in [0.4, 0.5) is 0 Å². The van der Waals surface area contributed by atoms with Crippen LogP contribution in [0.5, 0.6) is 0 Å². The van der Waals surface area contributed by atoms with Gasteiger partial charge in [-0.05, 0) is 38.1 Å². The van der Waals surface area contributed by atoms with E-state index in [9.17, 15) is 8.42 Å². The minimum absolute atomic E-state index is 0.127. The van der Waals surface area contributed by atoms with Crippen LogP contribution in [0.3, 0.4) is 0 Å². The Kier molecular flexibility index (Phi) is 4.40. The molecule has 0 aliphatic carbocycles. The molecule has 8 nitrogen and oxygen atoms in total. The summed E-state index contributed by atoms with van der Waals surface area (Å²) in [7, 11) is -3.44. The molecule has 0 spiro atoms. The number of benzene rings is 1. The lowest BCUT2D eigenvalue weighted by Gasteiger charge is -2.20. The van der Waals surface area contributed by atoms with Crippen LogP contribution >= 0.6 is 11.6 Å². The molecule has 2 heterocycles. The molecule has 10 heteroatoms. The first-order valence-corrected chi connectivity index (χ1v) is 9.47. The Morgan fingerprint density at radius 1 is 1.12 bits per heavy atom. The van der Waals surface area contributed by atoms with Crippen LogP contribution in [-0.2, 0) is 15.6 Å². The number of sulfonamides is 1. The Labute approximate surface area is 149 Å². The molecule has 3 aromatic rings. The first-order valence-electron chi connectivity index (χ1n) is 7.20. The molecule has 0 atom stereocenters. The molecule has 0 fully saturated rings. The Morgan fingerprint density at radius 2 is 1.80 bits per heavy atom. The monoisotopic (exact) mass is 382 g/mol. The van der Waals surface area contributed by atoms with Crippen molar-refractivity contribution in [3.63, 3.8) is 0 Å². The van der Waals surface area contributed by atoms with Crippen molar-refractivity contribution in [2.75, 3.05) is 6.26 Å². The predicted octanol–water partition coefficient (Wildman–Crippen LogP) is 2.83. The molecule has 0 saturated carbocycles. The number of halogens is 1. The highest BCUT2D eigenvalue weighted by atomic mass is 35.5. The Hall–Kier alpha value is -2.23. The van der Waals surface area contributed by atoms with E-state index in [0.717, 1.165) is 11.8 Å². The molecule has 1 aromatic carbocycles. The molecular weight excluding hydrogens is 368 g/mol. The fourth-order valence-corrected chi connectivity index (χ4v) is 3.36. The SMILES string of the molecule is CC(C)(NS(C)(=O)=O)c1noc(-c2cc(-c3ccc(Cl)cc3)on2)n1. The van der Waals surface area contributed by atoms with Crippen molar-refractivity contribution in [2.24, 2.45) is 0 Å². The van der Waals surface area contributed by atoms with Gasteiger partial charge in [0.25, 0.3) is 5.89 Å². The van der Waals surface area contributed by atoms with Crippen molar-refractivity contribution < 1.29 is 17.5 Å². The summed E-state index contributed by atoms with van der Waals surface area (Å²) in [6.45, 7) is 3.26. The summed E-state index contributed by atoms with van der Waals surface area (Å²) in [6.07, 6.45) is 1.06. The third kappa shape index (κ3) is 4.06. The average Bonchev–Trinajstić information content (AvgIpc) is 3.15. The molecule has 0 saturated heterocycles. The molecule has 0 bridgehead atoms. The first-order chi connectivity index (χ1) is 11.6. The zero-order chi connectivity index (χ0) is 18.2. The van der Waals surface area contributed by atoms with E-state index in [4.69, 9.17) is 20.6 Å². The number of hydrogen-bond donors (Lipinski definition) is 1. The number of nitrogens with one attached hydrogen (secondary N) is 1. The summed E-state index contributed by atoms with van der Waals surface area (Å²) >= 11 is 5.86. The first kappa shape index (κ1) is 17.6. The summed E-state index contributed by atoms with van der Waals surface area (Å²) < 4.78 is 35.8. The van der Waals surface area contributed by atoms with Gasteiger partial charge in [0, 0.05) is 16.7 Å². The van der Waals surface area contributed by atoms with Gasteiger partial charge in [0.1, 0.15) is 0 Å². The molecule has 2 aromatic heterocycles. The fraction of sp³-hybridized carbons (Fsp3) is 0.267. The van der Waals surface area contributed by atoms with E-state index in [-0.39, 0.29) is 11.7 Å². The van der Waals surface area contributed by atoms with Crippen molar-refractivity contribution in [2.45, 2.75) is 19.4 Å². The smallest absolute Gasteiger partial charge is 0.280 e. The van der Waals surface area contributed by atoms with Crippen LogP contribution in [0, 0.1) is 0 Å². The maximum atomic E-state index is 11.4. The van der Waals surface area contributed by atoms with Crippen LogP contribution in [0.15, 0.2) is 39.4 Å². The average molecular weight is 383 g/mol. The van der Waals surface area contributed by atoms with Gasteiger partial charge >= 0.3 is 0 Å². The van der Waals surface area contributed by atoms with Gasteiger partial charge in [-0.1, -0.05) is 21.9 Å². The molecule has 3 rings (SSSR count). The lowest BCUT2D eigenvalue weighted by Crippen LogP contribution is -2.41. The summed E-state index contributed by atoms with van der Waals surface area (Å²) in [5.41, 5.74) is 0.110. The Morgan fingerprint density at radius 3 is 2.44 bits per heavy atom. The molecule has 0 aliphatic heterocycles. The molecular formula is C15H15ClN4O4S. The standard InChI is InChI=1S/C15H15ClN4O4S/c1-15(2,20-25(3,21)22)14-17-13(24-19-14)11-8-12(23-18-11)9-4-6-10(16)7-5-9/h4-8,20H,1-3H3. The third-order valence-electron chi connectivity index (χ3n) is 3.28. The summed E-state index contributed by atoms with van der Waals surface area (Å²) in [4.78, 5) is 4.21. The van der Waals surface area contributed by atoms with Gasteiger partial charge in [0.05, 0.1) is 11.8 Å². The van der Waals surface area contributed by atoms with Crippen LogP contribution in [0.2, 0.25) is 5.02 Å². The zero-order valence-corrected chi connectivity index (χ0v) is 15.2. The van der Waals surface area contributed by atoms with Gasteiger partial charge in [-0.25, -0.2) is 13.1 Å². The van der Waals surface area contributed by atoms with E-state index in [1.54, 1.807) is 44.2 Å². The highest BCUT2D eigenvalue weighted by Crippen LogP contribution is 2.27. The van der Waals surface area contributed by atoms with E-state index >= 15 is 0 Å². The summed E-state index contributed by atoms with van der Waals surface area (Å²) in [6, 6.07) is 8.72. The van der Waals surface area contributed by atoms with Gasteiger partial charge in [0.15, 0.2) is 17.3 Å². The normalized spacial score (nSPS) is 12.5. The van der Waals surface area contributed by atoms with Gasteiger partial charge in [-0.3, -0.25) is 0 Å². The predicted molar refractivity (Wildman–Crippen MR) is 91.2 cm³/mol. The number of rotatable bonds is 5. The second-order valence-electron chi connectivity index (χ2n) is 6.01. The van der Waals surface area contributed by atoms with E-state index < -0.39 is 15.6 Å². The van der Waals surface area contributed by atoms with Crippen LogP contribution in [0.1, 0.15) is 19.7 Å². The second kappa shape index (κ2) is 6.25. The van der Waals surface area contributed by atoms with Crippen molar-refractivity contribution in [3.05, 3.63) is 41.2 Å². The minimum Gasteiger partial charge on any atom is -0.355 e. The molecule has 25 heavy (non-hydrogen) atoms. The highest BCUT2D eigenvalue weighted by Gasteiger charge is 2.30. The lowest BCUT2D eigenvalue weighted by molar-refractivity contribution is 0.378. The van der Waals surface area contributed by atoms with Gasteiger partial charge in [-0.15, -0.1) is 0 Å². The van der Waals surface area contributed by atoms with Crippen molar-refractivity contribution in [1.82, 2.24) is 20.0 Å². The van der Waals surface area contributed by atoms with E-state index in [1.807, 2.05) is 0 Å². The fourth-order valence-electron chi connectivity index (χ4n) is 2.22. The maximum Gasteiger partial charge on any atom is 0.280 e. The van der Waals surface area contributed by atoms with Crippen molar-refractivity contribution >= 4 is 21.6 Å². The van der Waals surface area contributed by atoms with Gasteiger partial charge < -0.3 is 9.05 Å². The maximum absolute atomic E-state index is 11.4. The van der Waals surface area contributed by atoms with E-state index in [0.29, 0.717) is 16.5 Å². The quantitative estimate of drug-likeness (QED) is 0.722. The van der Waals surface area contributed by atoms with Crippen molar-refractivity contribution in [3.8, 4) is 22.9 Å². The summed E-state index contributed by atoms with van der Waals surface area (Å²) in [5.74, 6) is 0.825. The van der Waals surface area contributed by atoms with Gasteiger partial charge in [0.2, 0.25) is 10.0 Å². The highest BCUT2D eigenvalue weighted by molar-refractivity contribution is 7.88. The summed E-state index contributed by atoms with van der Waals surface area (Å²) in [5, 5.41) is 8.36. The molecule has 0 radical (unpaired) electrons. The zero-order valence-electron chi connectivity index (χ0n) is 13.6. The Bertz CT molecular complexity index is 993. The topological polar surface area (TPSA) is 111 Å². The molecule has 0 unspecified atom stereocenters. The third-order valence-corrected chi connectivity index (χ3v) is 4.42. The number of hydrogen-bond acceptors (Lipinski definition) is 7. The molecule has 0 aliphatic rings. The molecule has 1 N–H and O–H groups in total. The van der Waals surface area contributed by atoms with Crippen LogP contribution in [0.25, 0.3) is 22.9 Å². The molecule has 0 amide bonds. The Balaban J connectivity index is 1.87. The van der Waals surface area contributed by atoms with Crippen LogP contribution < -0.4 is 4.72 Å². The second-order valence-corrected chi connectivity index (χ2v) is 8.19. The van der Waals surface area contributed by atoms with E-state index in [1.165, 1.54) is 0 Å². The van der Waals surface area contributed by atoms with Gasteiger partial charge in [-0.2, -0.15) is 4.98 Å². The van der Waals surface area contributed by atoms with Crippen molar-refractivity contribution in [1.29, 1.82) is 0 Å². The number of nitrogens with zero attached hydrogens (tertiary/aromatic N) is 3. The lowest BCUT2D eigenvalue weighted by atomic mass is 10.1. The largest absolute Gasteiger partial charge is 0.355 e.